The van der Waals surface area contributed by atoms with Gasteiger partial charge in [-0.1, -0.05) is 31.2 Å². The SMILES string of the molecule is CCCCn1c(SCc2cccc(F)n2)n[nH]c1=O. The van der Waals surface area contributed by atoms with Crippen LogP contribution in [0.3, 0.4) is 0 Å². The van der Waals surface area contributed by atoms with Gasteiger partial charge in [-0.15, -0.1) is 5.10 Å². The van der Waals surface area contributed by atoms with Gasteiger partial charge < -0.3 is 0 Å². The molecule has 19 heavy (non-hydrogen) atoms. The summed E-state index contributed by atoms with van der Waals surface area (Å²) in [6.07, 6.45) is 1.93. The van der Waals surface area contributed by atoms with Crippen LogP contribution >= 0.6 is 11.8 Å². The second-order valence-electron chi connectivity index (χ2n) is 4.06. The molecule has 0 unspecified atom stereocenters. The number of thioether (sulfide) groups is 1. The average Bonchev–Trinajstić information content (AvgIpc) is 2.75. The van der Waals surface area contributed by atoms with Gasteiger partial charge in [-0.2, -0.15) is 4.39 Å². The van der Waals surface area contributed by atoms with Gasteiger partial charge in [0, 0.05) is 12.3 Å². The molecular weight excluding hydrogens is 267 g/mol. The number of hydrogen-bond acceptors (Lipinski definition) is 4. The van der Waals surface area contributed by atoms with Crippen LogP contribution in [0.4, 0.5) is 4.39 Å². The van der Waals surface area contributed by atoms with Gasteiger partial charge in [-0.05, 0) is 18.6 Å². The molecule has 0 aromatic carbocycles. The summed E-state index contributed by atoms with van der Waals surface area (Å²) < 4.78 is 14.6. The van der Waals surface area contributed by atoms with E-state index in [1.54, 1.807) is 16.7 Å². The number of hydrogen-bond donors (Lipinski definition) is 1. The molecule has 0 aliphatic heterocycles. The van der Waals surface area contributed by atoms with E-state index in [0.717, 1.165) is 12.8 Å². The number of nitrogens with one attached hydrogen (secondary N) is 1. The lowest BCUT2D eigenvalue weighted by atomic mass is 10.3. The molecule has 0 aliphatic rings. The van der Waals surface area contributed by atoms with Gasteiger partial charge in [0.1, 0.15) is 0 Å². The summed E-state index contributed by atoms with van der Waals surface area (Å²) in [6, 6.07) is 4.67. The van der Waals surface area contributed by atoms with Crippen LogP contribution < -0.4 is 5.69 Å². The number of unbranched alkanes of at least 4 members (excludes halogenated alkanes) is 1. The van der Waals surface area contributed by atoms with Crippen LogP contribution in [0.2, 0.25) is 0 Å². The number of H-pyrrole nitrogens is 1. The van der Waals surface area contributed by atoms with Crippen LogP contribution in [0, 0.1) is 5.95 Å². The maximum Gasteiger partial charge on any atom is 0.343 e. The lowest BCUT2D eigenvalue weighted by Gasteiger charge is -2.04. The quantitative estimate of drug-likeness (QED) is 0.651. The fourth-order valence-corrected chi connectivity index (χ4v) is 2.47. The molecule has 7 heteroatoms. The second-order valence-corrected chi connectivity index (χ2v) is 5.00. The predicted octanol–water partition coefficient (Wildman–Crippen LogP) is 2.20. The Morgan fingerprint density at radius 2 is 2.32 bits per heavy atom. The topological polar surface area (TPSA) is 63.6 Å². The number of aromatic amines is 1. The Morgan fingerprint density at radius 1 is 1.47 bits per heavy atom. The van der Waals surface area contributed by atoms with Crippen LogP contribution in [0.25, 0.3) is 0 Å². The van der Waals surface area contributed by atoms with Crippen LogP contribution in [0.1, 0.15) is 25.5 Å². The Labute approximate surface area is 114 Å². The summed E-state index contributed by atoms with van der Waals surface area (Å²) in [7, 11) is 0. The monoisotopic (exact) mass is 282 g/mol. The van der Waals surface area contributed by atoms with Crippen molar-refractivity contribution in [3.8, 4) is 0 Å². The van der Waals surface area contributed by atoms with Gasteiger partial charge in [0.15, 0.2) is 5.16 Å². The van der Waals surface area contributed by atoms with Crippen molar-refractivity contribution in [1.82, 2.24) is 19.7 Å². The Bertz CT molecular complexity index is 595. The zero-order valence-corrected chi connectivity index (χ0v) is 11.4. The predicted molar refractivity (Wildman–Crippen MR) is 71.5 cm³/mol. The molecule has 5 nitrogen and oxygen atoms in total. The third kappa shape index (κ3) is 3.66. The molecule has 0 saturated heterocycles. The van der Waals surface area contributed by atoms with Gasteiger partial charge >= 0.3 is 5.69 Å². The molecule has 2 aromatic rings. The molecule has 0 bridgehead atoms. The van der Waals surface area contributed by atoms with Crippen molar-refractivity contribution < 1.29 is 4.39 Å². The Hall–Kier alpha value is -1.63. The summed E-state index contributed by atoms with van der Waals surface area (Å²) in [5.41, 5.74) is 0.422. The molecule has 0 radical (unpaired) electrons. The van der Waals surface area contributed by atoms with Gasteiger partial charge in [0.25, 0.3) is 0 Å². The molecule has 0 spiro atoms. The van der Waals surface area contributed by atoms with E-state index in [4.69, 9.17) is 0 Å². The van der Waals surface area contributed by atoms with E-state index in [1.807, 2.05) is 0 Å². The standard InChI is InChI=1S/C12H15FN4OS/c1-2-3-7-17-11(18)15-16-12(17)19-8-9-5-4-6-10(13)14-9/h4-6H,2-3,7-8H2,1H3,(H,15,18). The maximum absolute atomic E-state index is 12.9. The van der Waals surface area contributed by atoms with Gasteiger partial charge in [-0.25, -0.2) is 14.9 Å². The van der Waals surface area contributed by atoms with E-state index < -0.39 is 5.95 Å². The van der Waals surface area contributed by atoms with Crippen molar-refractivity contribution in [2.75, 3.05) is 0 Å². The summed E-state index contributed by atoms with van der Waals surface area (Å²) in [4.78, 5) is 15.3. The summed E-state index contributed by atoms with van der Waals surface area (Å²) in [6.45, 7) is 2.71. The lowest BCUT2D eigenvalue weighted by Crippen LogP contribution is -2.17. The van der Waals surface area contributed by atoms with Crippen LogP contribution in [0.5, 0.6) is 0 Å². The van der Waals surface area contributed by atoms with E-state index >= 15 is 0 Å². The fraction of sp³-hybridized carbons (Fsp3) is 0.417. The Morgan fingerprint density at radius 3 is 3.05 bits per heavy atom. The van der Waals surface area contributed by atoms with Gasteiger partial charge in [0.05, 0.1) is 5.69 Å². The summed E-state index contributed by atoms with van der Waals surface area (Å²) in [5.74, 6) is -0.0164. The minimum absolute atomic E-state index is 0.205. The molecule has 2 heterocycles. The maximum atomic E-state index is 12.9. The highest BCUT2D eigenvalue weighted by Gasteiger charge is 2.09. The zero-order valence-electron chi connectivity index (χ0n) is 10.6. The number of nitrogens with zero attached hydrogens (tertiary/aromatic N) is 3. The van der Waals surface area contributed by atoms with Crippen molar-refractivity contribution in [2.45, 2.75) is 37.2 Å². The van der Waals surface area contributed by atoms with Crippen LogP contribution in [-0.2, 0) is 12.3 Å². The molecule has 0 fully saturated rings. The molecule has 2 rings (SSSR count). The van der Waals surface area contributed by atoms with Crippen LogP contribution in [-0.4, -0.2) is 19.7 Å². The largest absolute Gasteiger partial charge is 0.343 e. The van der Waals surface area contributed by atoms with E-state index in [2.05, 4.69) is 22.1 Å². The van der Waals surface area contributed by atoms with Crippen molar-refractivity contribution in [2.24, 2.45) is 0 Å². The lowest BCUT2D eigenvalue weighted by molar-refractivity contribution is 0.572. The molecule has 102 valence electrons. The second kappa shape index (κ2) is 6.51. The van der Waals surface area contributed by atoms with Gasteiger partial charge in [0.2, 0.25) is 5.95 Å². The molecule has 2 aromatic heterocycles. The number of rotatable bonds is 6. The summed E-state index contributed by atoms with van der Waals surface area (Å²) in [5, 5.41) is 7.02. The van der Waals surface area contributed by atoms with E-state index in [1.165, 1.54) is 17.8 Å². The van der Waals surface area contributed by atoms with Crippen molar-refractivity contribution in [3.05, 3.63) is 40.3 Å². The minimum Gasteiger partial charge on any atom is -0.270 e. The third-order valence-corrected chi connectivity index (χ3v) is 3.59. The van der Waals surface area contributed by atoms with Crippen LogP contribution in [0.15, 0.2) is 28.2 Å². The van der Waals surface area contributed by atoms with E-state index in [0.29, 0.717) is 23.1 Å². The average molecular weight is 282 g/mol. The van der Waals surface area contributed by atoms with Crippen molar-refractivity contribution in [1.29, 1.82) is 0 Å². The Kier molecular flexibility index (Phi) is 4.73. The molecule has 0 amide bonds. The summed E-state index contributed by atoms with van der Waals surface area (Å²) >= 11 is 1.37. The molecular formula is C12H15FN4OS. The first kappa shape index (κ1) is 13.8. The highest BCUT2D eigenvalue weighted by Crippen LogP contribution is 2.18. The van der Waals surface area contributed by atoms with E-state index in [-0.39, 0.29) is 5.69 Å². The normalized spacial score (nSPS) is 10.8. The first-order chi connectivity index (χ1) is 9.20. The van der Waals surface area contributed by atoms with Crippen molar-refractivity contribution in [3.63, 3.8) is 0 Å². The number of aromatic nitrogens is 4. The minimum atomic E-state index is -0.497. The van der Waals surface area contributed by atoms with Crippen molar-refractivity contribution >= 4 is 11.8 Å². The Balaban J connectivity index is 2.05. The highest BCUT2D eigenvalue weighted by molar-refractivity contribution is 7.98. The molecule has 0 saturated carbocycles. The number of halogens is 1. The zero-order chi connectivity index (χ0) is 13.7. The highest BCUT2D eigenvalue weighted by atomic mass is 32.2. The first-order valence-electron chi connectivity index (χ1n) is 6.10. The third-order valence-electron chi connectivity index (χ3n) is 2.58. The van der Waals surface area contributed by atoms with E-state index in [9.17, 15) is 9.18 Å². The van der Waals surface area contributed by atoms with Gasteiger partial charge in [-0.3, -0.25) is 4.57 Å². The fourth-order valence-electron chi connectivity index (χ4n) is 1.60. The molecule has 0 atom stereocenters. The molecule has 1 N–H and O–H groups in total. The number of pyridine rings is 1. The molecule has 0 aliphatic carbocycles. The first-order valence-corrected chi connectivity index (χ1v) is 7.08. The smallest absolute Gasteiger partial charge is 0.270 e.